The zero-order valence-corrected chi connectivity index (χ0v) is 11.2. The Morgan fingerprint density at radius 2 is 1.81 bits per heavy atom. The molecular weight excluding hydrogens is 262 g/mol. The summed E-state index contributed by atoms with van der Waals surface area (Å²) < 4.78 is 5.53. The zero-order valence-electron chi connectivity index (χ0n) is 11.2. The normalized spacial score (nSPS) is 12.8. The second kappa shape index (κ2) is 4.72. The molecule has 0 aliphatic rings. The summed E-state index contributed by atoms with van der Waals surface area (Å²) in [5, 5.41) is 13.7. The van der Waals surface area contributed by atoms with Gasteiger partial charge in [-0.15, -0.1) is 0 Å². The van der Waals surface area contributed by atoms with Crippen molar-refractivity contribution in [2.24, 2.45) is 0 Å². The van der Waals surface area contributed by atoms with E-state index in [0.29, 0.717) is 0 Å². The van der Waals surface area contributed by atoms with Crippen molar-refractivity contribution in [3.05, 3.63) is 78.3 Å². The molecular formula is C18H13NO2. The van der Waals surface area contributed by atoms with Crippen molar-refractivity contribution in [2.45, 2.75) is 6.10 Å². The topological polar surface area (TPSA) is 46.3 Å². The van der Waals surface area contributed by atoms with E-state index in [4.69, 9.17) is 4.42 Å². The van der Waals surface area contributed by atoms with E-state index in [1.54, 1.807) is 18.7 Å². The van der Waals surface area contributed by atoms with Gasteiger partial charge >= 0.3 is 0 Å². The minimum atomic E-state index is -0.735. The number of fused-ring (bicyclic) bond motifs is 2. The van der Waals surface area contributed by atoms with Crippen LogP contribution in [0.3, 0.4) is 0 Å². The first-order valence-electron chi connectivity index (χ1n) is 6.81. The number of hydrogen-bond acceptors (Lipinski definition) is 3. The van der Waals surface area contributed by atoms with Gasteiger partial charge in [-0.25, -0.2) is 0 Å². The summed E-state index contributed by atoms with van der Waals surface area (Å²) in [6.07, 6.45) is 4.44. The van der Waals surface area contributed by atoms with Crippen LogP contribution < -0.4 is 0 Å². The Morgan fingerprint density at radius 3 is 2.76 bits per heavy atom. The van der Waals surface area contributed by atoms with E-state index in [1.165, 1.54) is 0 Å². The second-order valence-electron chi connectivity index (χ2n) is 5.03. The predicted octanol–water partition coefficient (Wildman–Crippen LogP) is 4.06. The maximum absolute atomic E-state index is 10.8. The molecule has 3 heteroatoms. The van der Waals surface area contributed by atoms with Crippen molar-refractivity contribution < 1.29 is 9.52 Å². The number of hydrogen-bond donors (Lipinski definition) is 1. The smallest absolute Gasteiger partial charge is 0.134 e. The molecule has 1 atom stereocenters. The summed E-state index contributed by atoms with van der Waals surface area (Å²) in [6.45, 7) is 0. The van der Waals surface area contributed by atoms with Crippen LogP contribution in [0.5, 0.6) is 0 Å². The quantitative estimate of drug-likeness (QED) is 0.600. The summed E-state index contributed by atoms with van der Waals surface area (Å²) in [5.74, 6) is 0. The van der Waals surface area contributed by atoms with Crippen LogP contribution in [0.1, 0.15) is 17.2 Å². The third kappa shape index (κ3) is 1.90. The minimum absolute atomic E-state index is 0.735. The molecule has 0 aliphatic carbocycles. The van der Waals surface area contributed by atoms with E-state index >= 15 is 0 Å². The largest absolute Gasteiger partial charge is 0.464 e. The van der Waals surface area contributed by atoms with E-state index < -0.39 is 6.10 Å². The van der Waals surface area contributed by atoms with Crippen LogP contribution in [0.2, 0.25) is 0 Å². The molecule has 0 bridgehead atoms. The van der Waals surface area contributed by atoms with Crippen LogP contribution in [-0.4, -0.2) is 10.1 Å². The average molecular weight is 275 g/mol. The molecule has 3 nitrogen and oxygen atoms in total. The van der Waals surface area contributed by atoms with Crippen LogP contribution in [0.15, 0.2) is 71.6 Å². The maximum Gasteiger partial charge on any atom is 0.134 e. The molecule has 0 saturated carbocycles. The van der Waals surface area contributed by atoms with Gasteiger partial charge in [-0.3, -0.25) is 4.98 Å². The van der Waals surface area contributed by atoms with Crippen molar-refractivity contribution in [2.75, 3.05) is 0 Å². The number of pyridine rings is 1. The molecule has 2 aromatic heterocycles. The number of aliphatic hydroxyl groups excluding tert-OH is 1. The number of aliphatic hydroxyl groups is 1. The van der Waals surface area contributed by atoms with Crippen molar-refractivity contribution >= 4 is 21.7 Å². The van der Waals surface area contributed by atoms with Gasteiger partial charge in [0, 0.05) is 28.7 Å². The summed E-state index contributed by atoms with van der Waals surface area (Å²) in [7, 11) is 0. The lowest BCUT2D eigenvalue weighted by Gasteiger charge is -2.12. The average Bonchev–Trinajstić information content (AvgIpc) is 2.98. The van der Waals surface area contributed by atoms with Crippen LogP contribution in [-0.2, 0) is 0 Å². The van der Waals surface area contributed by atoms with E-state index in [9.17, 15) is 5.11 Å². The molecule has 1 N–H and O–H groups in total. The lowest BCUT2D eigenvalue weighted by atomic mass is 9.97. The van der Waals surface area contributed by atoms with Crippen LogP contribution in [0.25, 0.3) is 21.7 Å². The van der Waals surface area contributed by atoms with Crippen molar-refractivity contribution in [3.63, 3.8) is 0 Å². The number of aromatic nitrogens is 1. The molecule has 2 heterocycles. The summed E-state index contributed by atoms with van der Waals surface area (Å²) >= 11 is 0. The van der Waals surface area contributed by atoms with Gasteiger partial charge in [0.1, 0.15) is 11.7 Å². The third-order valence-electron chi connectivity index (χ3n) is 3.82. The highest BCUT2D eigenvalue weighted by Crippen LogP contribution is 2.33. The number of nitrogens with zero attached hydrogens (tertiary/aromatic N) is 1. The molecule has 4 rings (SSSR count). The SMILES string of the molecule is OC(c1cccc2ccncc12)c1coc2ccccc12. The molecule has 0 aliphatic heterocycles. The standard InChI is InChI=1S/C18H13NO2/c20-18(16-11-21-17-7-2-1-5-13(16)17)14-6-3-4-12-8-9-19-10-15(12)14/h1-11,18,20H. The van der Waals surface area contributed by atoms with Gasteiger partial charge in [0.15, 0.2) is 0 Å². The fraction of sp³-hybridized carbons (Fsp3) is 0.0556. The molecule has 21 heavy (non-hydrogen) atoms. The Balaban J connectivity index is 1.92. The third-order valence-corrected chi connectivity index (χ3v) is 3.82. The molecule has 0 spiro atoms. The summed E-state index contributed by atoms with van der Waals surface area (Å²) in [6, 6.07) is 15.6. The van der Waals surface area contributed by atoms with E-state index in [-0.39, 0.29) is 0 Å². The van der Waals surface area contributed by atoms with Crippen molar-refractivity contribution in [3.8, 4) is 0 Å². The van der Waals surface area contributed by atoms with Gasteiger partial charge in [0.05, 0.1) is 6.26 Å². The Hall–Kier alpha value is -2.65. The lowest BCUT2D eigenvalue weighted by Crippen LogP contribution is -1.99. The van der Waals surface area contributed by atoms with Gasteiger partial charge in [0.25, 0.3) is 0 Å². The highest BCUT2D eigenvalue weighted by atomic mass is 16.3. The monoisotopic (exact) mass is 275 g/mol. The van der Waals surface area contributed by atoms with Gasteiger partial charge < -0.3 is 9.52 Å². The van der Waals surface area contributed by atoms with E-state index in [1.807, 2.05) is 48.5 Å². The van der Waals surface area contributed by atoms with Gasteiger partial charge in [-0.05, 0) is 23.1 Å². The molecule has 0 radical (unpaired) electrons. The highest BCUT2D eigenvalue weighted by Gasteiger charge is 2.18. The van der Waals surface area contributed by atoms with Crippen LogP contribution in [0.4, 0.5) is 0 Å². The molecule has 2 aromatic carbocycles. The van der Waals surface area contributed by atoms with Crippen LogP contribution >= 0.6 is 0 Å². The first-order chi connectivity index (χ1) is 10.3. The molecule has 0 fully saturated rings. The van der Waals surface area contributed by atoms with Crippen molar-refractivity contribution in [1.29, 1.82) is 0 Å². The Morgan fingerprint density at radius 1 is 0.905 bits per heavy atom. The molecule has 0 saturated heterocycles. The molecule has 1 unspecified atom stereocenters. The minimum Gasteiger partial charge on any atom is -0.464 e. The number of furan rings is 1. The van der Waals surface area contributed by atoms with Crippen molar-refractivity contribution in [1.82, 2.24) is 4.98 Å². The number of benzene rings is 2. The van der Waals surface area contributed by atoms with Gasteiger partial charge in [0.2, 0.25) is 0 Å². The highest BCUT2D eigenvalue weighted by molar-refractivity contribution is 5.87. The first kappa shape index (κ1) is 12.1. The molecule has 0 amide bonds. The number of rotatable bonds is 2. The lowest BCUT2D eigenvalue weighted by molar-refractivity contribution is 0.222. The fourth-order valence-corrected chi connectivity index (χ4v) is 2.75. The summed E-state index contributed by atoms with van der Waals surface area (Å²) in [5.41, 5.74) is 2.40. The van der Waals surface area contributed by atoms with E-state index in [0.717, 1.165) is 32.9 Å². The maximum atomic E-state index is 10.8. The van der Waals surface area contributed by atoms with Crippen LogP contribution in [0, 0.1) is 0 Å². The Labute approximate surface area is 121 Å². The molecule has 102 valence electrons. The van der Waals surface area contributed by atoms with E-state index in [2.05, 4.69) is 4.98 Å². The number of para-hydroxylation sites is 1. The fourth-order valence-electron chi connectivity index (χ4n) is 2.75. The van der Waals surface area contributed by atoms with Gasteiger partial charge in [-0.1, -0.05) is 36.4 Å². The predicted molar refractivity (Wildman–Crippen MR) is 82.0 cm³/mol. The van der Waals surface area contributed by atoms with Gasteiger partial charge in [-0.2, -0.15) is 0 Å². The summed E-state index contributed by atoms with van der Waals surface area (Å²) in [4.78, 5) is 4.17. The first-order valence-corrected chi connectivity index (χ1v) is 6.81. The Bertz CT molecular complexity index is 921. The zero-order chi connectivity index (χ0) is 14.2. The second-order valence-corrected chi connectivity index (χ2v) is 5.03. The Kier molecular flexibility index (Phi) is 2.72. The molecule has 4 aromatic rings.